The van der Waals surface area contributed by atoms with Crippen molar-refractivity contribution in [2.75, 3.05) is 13.2 Å². The predicted octanol–water partition coefficient (Wildman–Crippen LogP) is 1.70. The zero-order valence-electron chi connectivity index (χ0n) is 13.2. The average Bonchev–Trinajstić information content (AvgIpc) is 2.33. The van der Waals surface area contributed by atoms with Crippen molar-refractivity contribution in [1.82, 2.24) is 0 Å². The molecule has 0 amide bonds. The van der Waals surface area contributed by atoms with Crippen molar-refractivity contribution < 1.29 is 28.5 Å². The molecule has 0 radical (unpaired) electrons. The Morgan fingerprint density at radius 2 is 1.05 bits per heavy atom. The van der Waals surface area contributed by atoms with Gasteiger partial charge < -0.3 is 18.9 Å². The number of ether oxygens (including phenoxy) is 4. The van der Waals surface area contributed by atoms with Crippen LogP contribution in [0.25, 0.3) is 0 Å². The Balaban J connectivity index is 5.14. The molecule has 0 aromatic carbocycles. The van der Waals surface area contributed by atoms with Crippen LogP contribution < -0.4 is 0 Å². The number of carbonyl (C=O) groups excluding carboxylic acids is 2. The smallest absolute Gasteiger partial charge is 0.338 e. The van der Waals surface area contributed by atoms with E-state index in [9.17, 15) is 9.59 Å². The lowest BCUT2D eigenvalue weighted by molar-refractivity contribution is -0.190. The Hall–Kier alpha value is -1.14. The van der Waals surface area contributed by atoms with Crippen LogP contribution >= 0.6 is 0 Å². The predicted molar refractivity (Wildman–Crippen MR) is 73.3 cm³/mol. The molecule has 2 atom stereocenters. The summed E-state index contributed by atoms with van der Waals surface area (Å²) in [6.07, 6.45) is -2.76. The summed E-state index contributed by atoms with van der Waals surface area (Å²) in [5.41, 5.74) is 0. The van der Waals surface area contributed by atoms with E-state index in [4.69, 9.17) is 18.9 Å². The minimum absolute atomic E-state index is 0.202. The molecule has 20 heavy (non-hydrogen) atoms. The van der Waals surface area contributed by atoms with Gasteiger partial charge in [0.1, 0.15) is 0 Å². The summed E-state index contributed by atoms with van der Waals surface area (Å²) in [5.74, 6) is -1.25. The van der Waals surface area contributed by atoms with Crippen molar-refractivity contribution in [3.63, 3.8) is 0 Å². The van der Waals surface area contributed by atoms with E-state index < -0.39 is 24.1 Å². The maximum absolute atomic E-state index is 12.0. The van der Waals surface area contributed by atoms with Crippen molar-refractivity contribution in [2.45, 2.75) is 66.0 Å². The minimum Gasteiger partial charge on any atom is -0.464 e. The first-order chi connectivity index (χ1) is 9.33. The van der Waals surface area contributed by atoms with Gasteiger partial charge in [-0.15, -0.1) is 0 Å². The molecule has 0 aromatic heterocycles. The fourth-order valence-corrected chi connectivity index (χ4v) is 1.54. The molecule has 2 unspecified atom stereocenters. The van der Waals surface area contributed by atoms with Crippen LogP contribution in [0.4, 0.5) is 0 Å². The molecular formula is C14H26O6. The van der Waals surface area contributed by atoms with E-state index in [1.165, 1.54) is 0 Å². The van der Waals surface area contributed by atoms with E-state index in [1.54, 1.807) is 41.5 Å². The van der Waals surface area contributed by atoms with E-state index in [1.807, 2.05) is 0 Å². The molecule has 6 nitrogen and oxygen atoms in total. The van der Waals surface area contributed by atoms with Crippen molar-refractivity contribution in [3.05, 3.63) is 0 Å². The quantitative estimate of drug-likeness (QED) is 0.602. The third-order valence-electron chi connectivity index (χ3n) is 2.15. The van der Waals surface area contributed by atoms with Gasteiger partial charge in [0.2, 0.25) is 0 Å². The van der Waals surface area contributed by atoms with Gasteiger partial charge in [0.05, 0.1) is 25.4 Å². The zero-order chi connectivity index (χ0) is 15.7. The van der Waals surface area contributed by atoms with Crippen LogP contribution in [0.15, 0.2) is 0 Å². The Morgan fingerprint density at radius 3 is 1.25 bits per heavy atom. The van der Waals surface area contributed by atoms with Crippen LogP contribution in [-0.2, 0) is 28.5 Å². The first-order valence-corrected chi connectivity index (χ1v) is 6.97. The lowest BCUT2D eigenvalue weighted by Crippen LogP contribution is -2.47. The maximum atomic E-state index is 12.0. The van der Waals surface area contributed by atoms with E-state index in [0.717, 1.165) is 0 Å². The molecule has 0 saturated carbocycles. The molecule has 0 rings (SSSR count). The van der Waals surface area contributed by atoms with Gasteiger partial charge in [0.25, 0.3) is 0 Å². The van der Waals surface area contributed by atoms with Gasteiger partial charge in [-0.3, -0.25) is 0 Å². The summed E-state index contributed by atoms with van der Waals surface area (Å²) >= 11 is 0. The molecule has 0 aliphatic heterocycles. The third-order valence-corrected chi connectivity index (χ3v) is 2.15. The molecule has 0 bridgehead atoms. The first-order valence-electron chi connectivity index (χ1n) is 6.97. The Labute approximate surface area is 120 Å². The fraction of sp³-hybridized carbons (Fsp3) is 0.857. The second-order valence-electron chi connectivity index (χ2n) is 4.71. The van der Waals surface area contributed by atoms with Crippen molar-refractivity contribution in [3.8, 4) is 0 Å². The molecule has 118 valence electrons. The highest BCUT2D eigenvalue weighted by Gasteiger charge is 2.39. The Morgan fingerprint density at radius 1 is 0.750 bits per heavy atom. The molecule has 0 heterocycles. The molecule has 0 aromatic rings. The molecule has 0 saturated heterocycles. The van der Waals surface area contributed by atoms with Gasteiger partial charge in [-0.25, -0.2) is 9.59 Å². The summed E-state index contributed by atoms with van der Waals surface area (Å²) in [6.45, 7) is 10.9. The van der Waals surface area contributed by atoms with Gasteiger partial charge in [0.15, 0.2) is 12.2 Å². The zero-order valence-corrected chi connectivity index (χ0v) is 13.2. The molecular weight excluding hydrogens is 264 g/mol. The topological polar surface area (TPSA) is 71.1 Å². The summed E-state index contributed by atoms with van der Waals surface area (Å²) in [4.78, 5) is 24.0. The molecule has 0 fully saturated rings. The summed E-state index contributed by atoms with van der Waals surface area (Å²) in [6, 6.07) is 0. The van der Waals surface area contributed by atoms with Crippen LogP contribution in [0, 0.1) is 0 Å². The number of hydrogen-bond acceptors (Lipinski definition) is 6. The monoisotopic (exact) mass is 290 g/mol. The third kappa shape index (κ3) is 6.86. The molecule has 0 spiro atoms. The van der Waals surface area contributed by atoms with Crippen LogP contribution in [0.1, 0.15) is 41.5 Å². The summed E-state index contributed by atoms with van der Waals surface area (Å²) in [7, 11) is 0. The van der Waals surface area contributed by atoms with Gasteiger partial charge in [0, 0.05) is 0 Å². The van der Waals surface area contributed by atoms with E-state index >= 15 is 0 Å². The maximum Gasteiger partial charge on any atom is 0.338 e. The largest absolute Gasteiger partial charge is 0.464 e. The van der Waals surface area contributed by atoms with Crippen LogP contribution in [0.3, 0.4) is 0 Å². The number of esters is 2. The highest BCUT2D eigenvalue weighted by molar-refractivity contribution is 5.85. The van der Waals surface area contributed by atoms with Crippen LogP contribution in [-0.4, -0.2) is 49.6 Å². The second-order valence-corrected chi connectivity index (χ2v) is 4.71. The highest BCUT2D eigenvalue weighted by Crippen LogP contribution is 2.14. The molecule has 0 N–H and O–H groups in total. The molecule has 0 aliphatic carbocycles. The van der Waals surface area contributed by atoms with Gasteiger partial charge in [-0.05, 0) is 41.5 Å². The summed E-state index contributed by atoms with van der Waals surface area (Å²) in [5, 5.41) is 0. The SMILES string of the molecule is CCOC(=O)C(OC(C)C)C(OC(C)C)C(=O)OCC. The van der Waals surface area contributed by atoms with Crippen LogP contribution in [0.5, 0.6) is 0 Å². The molecule has 0 aliphatic rings. The standard InChI is InChI=1S/C14H26O6/c1-7-17-13(15)11(19-9(3)4)12(20-10(5)6)14(16)18-8-2/h9-12H,7-8H2,1-6H3. The van der Waals surface area contributed by atoms with Crippen LogP contribution in [0.2, 0.25) is 0 Å². The van der Waals surface area contributed by atoms with Crippen molar-refractivity contribution in [2.24, 2.45) is 0 Å². The number of hydrogen-bond donors (Lipinski definition) is 0. The lowest BCUT2D eigenvalue weighted by atomic mass is 10.2. The van der Waals surface area contributed by atoms with Crippen molar-refractivity contribution >= 4 is 11.9 Å². The van der Waals surface area contributed by atoms with Gasteiger partial charge in [-0.2, -0.15) is 0 Å². The fourth-order valence-electron chi connectivity index (χ4n) is 1.54. The number of carbonyl (C=O) groups is 2. The van der Waals surface area contributed by atoms with Crippen molar-refractivity contribution in [1.29, 1.82) is 0 Å². The van der Waals surface area contributed by atoms with Gasteiger partial charge >= 0.3 is 11.9 Å². The van der Waals surface area contributed by atoms with E-state index in [2.05, 4.69) is 0 Å². The Kier molecular flexibility index (Phi) is 9.16. The van der Waals surface area contributed by atoms with Gasteiger partial charge in [-0.1, -0.05) is 0 Å². The number of rotatable bonds is 9. The van der Waals surface area contributed by atoms with E-state index in [-0.39, 0.29) is 25.4 Å². The normalized spacial score (nSPS) is 14.2. The molecule has 6 heteroatoms. The highest BCUT2D eigenvalue weighted by atomic mass is 16.6. The second kappa shape index (κ2) is 9.72. The Bertz CT molecular complexity index is 270. The summed E-state index contributed by atoms with van der Waals surface area (Å²) < 4.78 is 20.9. The van der Waals surface area contributed by atoms with E-state index in [0.29, 0.717) is 0 Å². The average molecular weight is 290 g/mol. The minimum atomic E-state index is -1.13. The first kappa shape index (κ1) is 18.9. The lowest BCUT2D eigenvalue weighted by Gasteiger charge is -2.27.